The Labute approximate surface area is 127 Å². The molecule has 1 aromatic carbocycles. The Morgan fingerprint density at radius 2 is 2.14 bits per heavy atom. The Bertz CT molecular complexity index is 679. The van der Waals surface area contributed by atoms with E-state index < -0.39 is 5.54 Å². The van der Waals surface area contributed by atoms with E-state index in [1.165, 1.54) is 16.2 Å². The van der Waals surface area contributed by atoms with Gasteiger partial charge in [0.25, 0.3) is 5.91 Å². The van der Waals surface area contributed by atoms with Crippen LogP contribution in [0.25, 0.3) is 10.1 Å². The summed E-state index contributed by atoms with van der Waals surface area (Å²) in [5, 5.41) is 10.2. The quantitative estimate of drug-likeness (QED) is 0.909. The first-order valence-electron chi connectivity index (χ1n) is 6.57. The Hall–Kier alpha value is -1.79. The summed E-state index contributed by atoms with van der Waals surface area (Å²) < 4.78 is 6.10. The average molecular weight is 308 g/mol. The lowest BCUT2D eigenvalue weighted by Crippen LogP contribution is -2.47. The van der Waals surface area contributed by atoms with Gasteiger partial charge in [0, 0.05) is 17.1 Å². The Kier molecular flexibility index (Phi) is 4.11. The van der Waals surface area contributed by atoms with Crippen molar-refractivity contribution in [1.82, 2.24) is 4.90 Å². The van der Waals surface area contributed by atoms with Crippen LogP contribution in [-0.2, 0) is 0 Å². The van der Waals surface area contributed by atoms with Gasteiger partial charge in [-0.1, -0.05) is 0 Å². The summed E-state index contributed by atoms with van der Waals surface area (Å²) in [4.78, 5) is 14.6. The van der Waals surface area contributed by atoms with Crippen molar-refractivity contribution in [2.45, 2.75) is 19.4 Å². The van der Waals surface area contributed by atoms with E-state index in [9.17, 15) is 9.90 Å². The number of fused-ring (bicyclic) bond motifs is 1. The van der Waals surface area contributed by atoms with Crippen molar-refractivity contribution in [3.05, 3.63) is 23.1 Å². The minimum Gasteiger partial charge on any atom is -0.497 e. The number of amides is 1. The number of ether oxygens (including phenoxy) is 1. The number of nitrogens with zero attached hydrogens (tertiary/aromatic N) is 1. The zero-order valence-electron chi connectivity index (χ0n) is 12.6. The molecule has 114 valence electrons. The lowest BCUT2D eigenvalue weighted by atomic mass is 10.0. The third-order valence-corrected chi connectivity index (χ3v) is 4.89. The molecular weight excluding hydrogens is 288 g/mol. The van der Waals surface area contributed by atoms with Gasteiger partial charge in [-0.05, 0) is 32.0 Å². The molecule has 1 amide bonds. The van der Waals surface area contributed by atoms with Gasteiger partial charge in [0.05, 0.1) is 24.9 Å². The highest BCUT2D eigenvalue weighted by atomic mass is 32.1. The van der Waals surface area contributed by atoms with E-state index in [0.29, 0.717) is 10.6 Å². The van der Waals surface area contributed by atoms with Crippen molar-refractivity contribution in [3.63, 3.8) is 0 Å². The summed E-state index contributed by atoms with van der Waals surface area (Å²) in [6.45, 7) is 3.49. The van der Waals surface area contributed by atoms with Crippen molar-refractivity contribution in [1.29, 1.82) is 0 Å². The number of carbonyl (C=O) groups is 1. The largest absolute Gasteiger partial charge is 0.497 e. The lowest BCUT2D eigenvalue weighted by Gasteiger charge is -2.33. The molecule has 0 fully saturated rings. The number of aliphatic hydroxyl groups is 1. The maximum atomic E-state index is 12.6. The van der Waals surface area contributed by atoms with Crippen LogP contribution in [0.4, 0.5) is 5.69 Å². The predicted octanol–water partition coefficient (Wildman–Crippen LogP) is 2.33. The summed E-state index contributed by atoms with van der Waals surface area (Å²) in [5.41, 5.74) is 5.95. The number of hydrogen-bond donors (Lipinski definition) is 2. The van der Waals surface area contributed by atoms with Gasteiger partial charge in [-0.3, -0.25) is 4.79 Å². The van der Waals surface area contributed by atoms with Gasteiger partial charge in [0.15, 0.2) is 0 Å². The van der Waals surface area contributed by atoms with E-state index in [-0.39, 0.29) is 12.5 Å². The van der Waals surface area contributed by atoms with Crippen LogP contribution in [0.5, 0.6) is 5.75 Å². The number of nitrogen functional groups attached to an aromatic ring is 1. The molecule has 0 saturated carbocycles. The standard InChI is InChI=1S/C15H20N2O3S/c1-15(2,8-18)17(3)14(19)13-12(16)10-6-5-9(20-4)7-11(10)21-13/h5-7,18H,8,16H2,1-4H3. The molecule has 0 aliphatic carbocycles. The number of aliphatic hydroxyl groups excluding tert-OH is 1. The van der Waals surface area contributed by atoms with Gasteiger partial charge in [0.2, 0.25) is 0 Å². The maximum absolute atomic E-state index is 12.6. The number of benzene rings is 1. The molecule has 1 heterocycles. The molecular formula is C15H20N2O3S. The molecule has 0 radical (unpaired) electrons. The zero-order valence-corrected chi connectivity index (χ0v) is 13.5. The lowest BCUT2D eigenvalue weighted by molar-refractivity contribution is 0.0479. The van der Waals surface area contributed by atoms with Gasteiger partial charge in [-0.25, -0.2) is 0 Å². The molecule has 2 rings (SSSR count). The molecule has 1 aromatic heterocycles. The highest BCUT2D eigenvalue weighted by Crippen LogP contribution is 2.37. The molecule has 21 heavy (non-hydrogen) atoms. The normalized spacial score (nSPS) is 11.7. The summed E-state index contributed by atoms with van der Waals surface area (Å²) in [5.74, 6) is 0.540. The maximum Gasteiger partial charge on any atom is 0.266 e. The fraction of sp³-hybridized carbons (Fsp3) is 0.400. The smallest absolute Gasteiger partial charge is 0.266 e. The fourth-order valence-corrected chi connectivity index (χ4v) is 3.04. The van der Waals surface area contributed by atoms with E-state index in [0.717, 1.165) is 15.8 Å². The first-order valence-corrected chi connectivity index (χ1v) is 7.38. The number of nitrogens with two attached hydrogens (primary N) is 1. The van der Waals surface area contributed by atoms with E-state index in [4.69, 9.17) is 10.5 Å². The molecule has 0 spiro atoms. The van der Waals surface area contributed by atoms with Crippen LogP contribution >= 0.6 is 11.3 Å². The molecule has 0 saturated heterocycles. The van der Waals surface area contributed by atoms with Gasteiger partial charge in [0.1, 0.15) is 10.6 Å². The molecule has 5 nitrogen and oxygen atoms in total. The van der Waals surface area contributed by atoms with Crippen molar-refractivity contribution >= 4 is 33.0 Å². The van der Waals surface area contributed by atoms with Crippen LogP contribution in [-0.4, -0.2) is 42.2 Å². The number of rotatable bonds is 4. The molecule has 2 aromatic rings. The number of carbonyl (C=O) groups excluding carboxylic acids is 1. The van der Waals surface area contributed by atoms with Crippen LogP contribution in [0.2, 0.25) is 0 Å². The summed E-state index contributed by atoms with van der Waals surface area (Å²) in [6.07, 6.45) is 0. The molecule has 0 aliphatic rings. The van der Waals surface area contributed by atoms with Gasteiger partial charge < -0.3 is 20.5 Å². The molecule has 3 N–H and O–H groups in total. The van der Waals surface area contributed by atoms with Crippen molar-refractivity contribution in [2.24, 2.45) is 0 Å². The second-order valence-electron chi connectivity index (χ2n) is 5.54. The zero-order chi connectivity index (χ0) is 15.8. The number of likely N-dealkylation sites (N-methyl/N-ethyl adjacent to an activating group) is 1. The Balaban J connectivity index is 2.47. The first kappa shape index (κ1) is 15.6. The average Bonchev–Trinajstić information content (AvgIpc) is 2.82. The van der Waals surface area contributed by atoms with Crippen LogP contribution in [0.3, 0.4) is 0 Å². The minimum atomic E-state index is -0.641. The Morgan fingerprint density at radius 3 is 2.71 bits per heavy atom. The number of anilines is 1. The van der Waals surface area contributed by atoms with Gasteiger partial charge in [-0.15, -0.1) is 11.3 Å². The number of hydrogen-bond acceptors (Lipinski definition) is 5. The third kappa shape index (κ3) is 2.69. The predicted molar refractivity (Wildman–Crippen MR) is 86.0 cm³/mol. The molecule has 6 heteroatoms. The second-order valence-corrected chi connectivity index (χ2v) is 6.59. The summed E-state index contributed by atoms with van der Waals surface area (Å²) in [7, 11) is 3.27. The molecule has 0 unspecified atom stereocenters. The van der Waals surface area contributed by atoms with E-state index in [1.807, 2.05) is 18.2 Å². The number of thiophene rings is 1. The highest BCUT2D eigenvalue weighted by Gasteiger charge is 2.30. The van der Waals surface area contributed by atoms with Crippen LogP contribution < -0.4 is 10.5 Å². The van der Waals surface area contributed by atoms with Crippen molar-refractivity contribution in [3.8, 4) is 5.75 Å². The second kappa shape index (κ2) is 5.54. The topological polar surface area (TPSA) is 75.8 Å². The summed E-state index contributed by atoms with van der Waals surface area (Å²) >= 11 is 1.34. The minimum absolute atomic E-state index is 0.117. The SMILES string of the molecule is COc1ccc2c(N)c(C(=O)N(C)C(C)(C)CO)sc2c1. The molecule has 0 bridgehead atoms. The first-order chi connectivity index (χ1) is 9.81. The van der Waals surface area contributed by atoms with E-state index in [2.05, 4.69) is 0 Å². The van der Waals surface area contributed by atoms with Crippen molar-refractivity contribution in [2.75, 3.05) is 26.5 Å². The van der Waals surface area contributed by atoms with E-state index >= 15 is 0 Å². The van der Waals surface area contributed by atoms with E-state index in [1.54, 1.807) is 28.0 Å². The molecule has 0 atom stereocenters. The van der Waals surface area contributed by atoms with Gasteiger partial charge >= 0.3 is 0 Å². The van der Waals surface area contributed by atoms with Crippen LogP contribution in [0.15, 0.2) is 18.2 Å². The van der Waals surface area contributed by atoms with Crippen LogP contribution in [0.1, 0.15) is 23.5 Å². The number of methoxy groups -OCH3 is 1. The monoisotopic (exact) mass is 308 g/mol. The highest BCUT2D eigenvalue weighted by molar-refractivity contribution is 7.21. The fourth-order valence-electron chi connectivity index (χ4n) is 1.92. The van der Waals surface area contributed by atoms with Crippen LogP contribution in [0, 0.1) is 0 Å². The molecule has 0 aliphatic heterocycles. The summed E-state index contributed by atoms with van der Waals surface area (Å²) in [6, 6.07) is 5.54. The van der Waals surface area contributed by atoms with Crippen molar-refractivity contribution < 1.29 is 14.6 Å². The Morgan fingerprint density at radius 1 is 1.48 bits per heavy atom. The van der Waals surface area contributed by atoms with Gasteiger partial charge in [-0.2, -0.15) is 0 Å². The third-order valence-electron chi connectivity index (χ3n) is 3.73.